The van der Waals surface area contributed by atoms with Gasteiger partial charge in [-0.05, 0) is 27.2 Å². The Morgan fingerprint density at radius 2 is 2.00 bits per heavy atom. The molecule has 0 aromatic carbocycles. The van der Waals surface area contributed by atoms with Crippen LogP contribution in [0.3, 0.4) is 0 Å². The zero-order valence-electron chi connectivity index (χ0n) is 12.1. The average molecular weight is 266 g/mol. The fourth-order valence-electron chi connectivity index (χ4n) is 2.27. The highest BCUT2D eigenvalue weighted by Gasteiger charge is 2.43. The monoisotopic (exact) mass is 266 g/mol. The Bertz CT molecular complexity index is 413. The molecule has 5 heteroatoms. The zero-order chi connectivity index (χ0) is 14.6. The molecule has 1 saturated carbocycles. The lowest BCUT2D eigenvalue weighted by molar-refractivity contribution is -0.136. The van der Waals surface area contributed by atoms with E-state index in [0.717, 1.165) is 6.42 Å². The van der Waals surface area contributed by atoms with Crippen molar-refractivity contribution < 1.29 is 14.4 Å². The fraction of sp³-hybridized carbons (Fsp3) is 0.714. The highest BCUT2D eigenvalue weighted by molar-refractivity contribution is 6.70. The average Bonchev–Trinajstić information content (AvgIpc) is 2.64. The first-order valence-corrected chi connectivity index (χ1v) is 6.86. The first kappa shape index (κ1) is 15.5. The molecule has 1 rings (SSSR count). The Morgan fingerprint density at radius 3 is 2.47 bits per heavy atom. The molecule has 0 aromatic rings. The standard InChI is InChI=1S/C14H22N2O3/c1-5-7-15-12-10(8-11(17)13(12)18)14(19)16(6-2)9(3)4/h9-10H,5-8H2,1-4H3. The van der Waals surface area contributed by atoms with Crippen LogP contribution >= 0.6 is 0 Å². The number of aliphatic imine (C=N–C) groups is 1. The smallest absolute Gasteiger partial charge is 0.243 e. The van der Waals surface area contributed by atoms with Gasteiger partial charge in [0.2, 0.25) is 17.5 Å². The molecule has 0 saturated heterocycles. The summed E-state index contributed by atoms with van der Waals surface area (Å²) in [5, 5.41) is 0. The van der Waals surface area contributed by atoms with Crippen molar-refractivity contribution in [1.82, 2.24) is 4.90 Å². The third-order valence-electron chi connectivity index (χ3n) is 3.26. The van der Waals surface area contributed by atoms with Crippen LogP contribution in [-0.2, 0) is 14.4 Å². The molecule has 1 unspecified atom stereocenters. The highest BCUT2D eigenvalue weighted by atomic mass is 16.2. The van der Waals surface area contributed by atoms with Crippen molar-refractivity contribution in [2.45, 2.75) is 46.6 Å². The van der Waals surface area contributed by atoms with Gasteiger partial charge < -0.3 is 4.90 Å². The minimum atomic E-state index is -0.672. The van der Waals surface area contributed by atoms with Gasteiger partial charge >= 0.3 is 0 Å². The van der Waals surface area contributed by atoms with E-state index >= 15 is 0 Å². The number of carbonyl (C=O) groups excluding carboxylic acids is 3. The largest absolute Gasteiger partial charge is 0.340 e. The molecule has 1 aliphatic rings. The van der Waals surface area contributed by atoms with E-state index in [1.54, 1.807) is 4.90 Å². The topological polar surface area (TPSA) is 66.8 Å². The molecule has 0 spiro atoms. The molecule has 0 radical (unpaired) electrons. The molecule has 1 atom stereocenters. The van der Waals surface area contributed by atoms with Crippen LogP contribution in [0.2, 0.25) is 0 Å². The van der Waals surface area contributed by atoms with E-state index in [1.165, 1.54) is 0 Å². The molecule has 5 nitrogen and oxygen atoms in total. The number of rotatable bonds is 5. The summed E-state index contributed by atoms with van der Waals surface area (Å²) < 4.78 is 0. The first-order valence-electron chi connectivity index (χ1n) is 6.86. The SMILES string of the molecule is CCCN=C1C(=O)C(=O)CC1C(=O)N(CC)C(C)C. The predicted molar refractivity (Wildman–Crippen MR) is 73.2 cm³/mol. The maximum Gasteiger partial charge on any atom is 0.243 e. The van der Waals surface area contributed by atoms with Crippen molar-refractivity contribution in [3.63, 3.8) is 0 Å². The van der Waals surface area contributed by atoms with Gasteiger partial charge in [-0.1, -0.05) is 6.92 Å². The molecule has 0 N–H and O–H groups in total. The second-order valence-electron chi connectivity index (χ2n) is 4.99. The summed E-state index contributed by atoms with van der Waals surface area (Å²) in [6, 6.07) is 0.0516. The minimum absolute atomic E-state index is 0.0244. The molecule has 19 heavy (non-hydrogen) atoms. The number of ketones is 2. The van der Waals surface area contributed by atoms with Crippen molar-refractivity contribution in [2.24, 2.45) is 10.9 Å². The van der Waals surface area contributed by atoms with Crippen LogP contribution in [0, 0.1) is 5.92 Å². The number of nitrogens with zero attached hydrogens (tertiary/aromatic N) is 2. The summed E-state index contributed by atoms with van der Waals surface area (Å²) in [6.45, 7) is 8.71. The van der Waals surface area contributed by atoms with E-state index < -0.39 is 17.5 Å². The van der Waals surface area contributed by atoms with E-state index in [1.807, 2.05) is 27.7 Å². The van der Waals surface area contributed by atoms with Crippen molar-refractivity contribution in [3.8, 4) is 0 Å². The molecule has 0 aromatic heterocycles. The Hall–Kier alpha value is -1.52. The predicted octanol–water partition coefficient (Wildman–Crippen LogP) is 1.25. The van der Waals surface area contributed by atoms with Crippen molar-refractivity contribution in [1.29, 1.82) is 0 Å². The Labute approximate surface area is 114 Å². The van der Waals surface area contributed by atoms with E-state index in [4.69, 9.17) is 0 Å². The Morgan fingerprint density at radius 1 is 1.37 bits per heavy atom. The van der Waals surface area contributed by atoms with Crippen LogP contribution in [0.15, 0.2) is 4.99 Å². The molecule has 0 bridgehead atoms. The Kier molecular flexibility index (Phi) is 5.39. The number of hydrogen-bond acceptors (Lipinski definition) is 4. The van der Waals surface area contributed by atoms with Crippen LogP contribution < -0.4 is 0 Å². The van der Waals surface area contributed by atoms with Crippen LogP contribution in [0.5, 0.6) is 0 Å². The van der Waals surface area contributed by atoms with E-state index in [-0.39, 0.29) is 24.1 Å². The maximum absolute atomic E-state index is 12.4. The zero-order valence-corrected chi connectivity index (χ0v) is 12.1. The molecule has 1 aliphatic carbocycles. The molecule has 1 fully saturated rings. The molecule has 106 valence electrons. The first-order chi connectivity index (χ1) is 8.93. The summed E-state index contributed by atoms with van der Waals surface area (Å²) in [6.07, 6.45) is 0.761. The number of carbonyl (C=O) groups is 3. The maximum atomic E-state index is 12.4. The normalized spacial score (nSPS) is 21.5. The lowest BCUT2D eigenvalue weighted by Gasteiger charge is -2.27. The highest BCUT2D eigenvalue weighted by Crippen LogP contribution is 2.21. The number of Topliss-reactive ketones (excluding diaryl/α,β-unsaturated/α-hetero) is 2. The molecule has 1 amide bonds. The molecular weight excluding hydrogens is 244 g/mol. The second kappa shape index (κ2) is 6.59. The van der Waals surface area contributed by atoms with E-state index in [2.05, 4.69) is 4.99 Å². The van der Waals surface area contributed by atoms with Crippen LogP contribution in [0.25, 0.3) is 0 Å². The molecule has 0 aliphatic heterocycles. The minimum Gasteiger partial charge on any atom is -0.340 e. The number of hydrogen-bond donors (Lipinski definition) is 0. The summed E-state index contributed by atoms with van der Waals surface area (Å²) in [7, 11) is 0. The van der Waals surface area contributed by atoms with E-state index in [0.29, 0.717) is 13.1 Å². The Balaban J connectivity index is 3.00. The third kappa shape index (κ3) is 3.28. The van der Waals surface area contributed by atoms with Gasteiger partial charge in [-0.3, -0.25) is 19.4 Å². The van der Waals surface area contributed by atoms with Crippen LogP contribution in [-0.4, -0.2) is 47.2 Å². The quantitative estimate of drug-likeness (QED) is 0.703. The van der Waals surface area contributed by atoms with Gasteiger partial charge in [-0.15, -0.1) is 0 Å². The summed E-state index contributed by atoms with van der Waals surface area (Å²) in [4.78, 5) is 41.6. The van der Waals surface area contributed by atoms with Gasteiger partial charge in [0.05, 0.1) is 11.6 Å². The van der Waals surface area contributed by atoms with Crippen molar-refractivity contribution >= 4 is 23.2 Å². The second-order valence-corrected chi connectivity index (χ2v) is 4.99. The lowest BCUT2D eigenvalue weighted by Crippen LogP contribution is -2.42. The third-order valence-corrected chi connectivity index (χ3v) is 3.26. The summed E-state index contributed by atoms with van der Waals surface area (Å²) in [5.74, 6) is -1.90. The van der Waals surface area contributed by atoms with Gasteiger partial charge in [-0.2, -0.15) is 0 Å². The van der Waals surface area contributed by atoms with Crippen LogP contribution in [0.1, 0.15) is 40.5 Å². The van der Waals surface area contributed by atoms with Gasteiger partial charge in [0, 0.05) is 25.6 Å². The van der Waals surface area contributed by atoms with Gasteiger partial charge in [0.15, 0.2) is 0 Å². The molecule has 0 heterocycles. The lowest BCUT2D eigenvalue weighted by atomic mass is 10.0. The summed E-state index contributed by atoms with van der Waals surface area (Å²) in [5.41, 5.74) is 0.163. The molecular formula is C14H22N2O3. The summed E-state index contributed by atoms with van der Waals surface area (Å²) >= 11 is 0. The fourth-order valence-corrected chi connectivity index (χ4v) is 2.27. The number of amides is 1. The van der Waals surface area contributed by atoms with Crippen LogP contribution in [0.4, 0.5) is 0 Å². The van der Waals surface area contributed by atoms with Gasteiger partial charge in [0.25, 0.3) is 0 Å². The van der Waals surface area contributed by atoms with E-state index in [9.17, 15) is 14.4 Å². The van der Waals surface area contributed by atoms with Crippen molar-refractivity contribution in [3.05, 3.63) is 0 Å². The van der Waals surface area contributed by atoms with Gasteiger partial charge in [-0.25, -0.2) is 0 Å². The van der Waals surface area contributed by atoms with Gasteiger partial charge in [0.1, 0.15) is 0 Å². The van der Waals surface area contributed by atoms with Crippen molar-refractivity contribution in [2.75, 3.05) is 13.1 Å².